The molecule has 2 amide bonds. The molecule has 0 aliphatic heterocycles. The van der Waals surface area contributed by atoms with E-state index in [1.807, 2.05) is 18.2 Å². The van der Waals surface area contributed by atoms with Gasteiger partial charge in [-0.15, -0.1) is 0 Å². The van der Waals surface area contributed by atoms with Crippen LogP contribution in [0.2, 0.25) is 0 Å². The van der Waals surface area contributed by atoms with Gasteiger partial charge < -0.3 is 20.4 Å². The number of carbonyl (C=O) groups excluding carboxylic acids is 2. The molecule has 29 heavy (non-hydrogen) atoms. The lowest BCUT2D eigenvalue weighted by Crippen LogP contribution is -2.49. The number of H-pyrrole nitrogens is 1. The lowest BCUT2D eigenvalue weighted by Gasteiger charge is -2.31. The van der Waals surface area contributed by atoms with E-state index >= 15 is 0 Å². The Hall–Kier alpha value is -3.01. The minimum Gasteiger partial charge on any atom is -0.496 e. The summed E-state index contributed by atoms with van der Waals surface area (Å²) in [6.07, 6.45) is 5.17. The van der Waals surface area contributed by atoms with Crippen LogP contribution in [0.1, 0.15) is 49.0 Å². The first-order valence-electron chi connectivity index (χ1n) is 10.2. The maximum atomic E-state index is 12.9. The normalized spacial score (nSPS) is 22.5. The predicted octanol–water partition coefficient (Wildman–Crippen LogP) is 2.89. The molecule has 1 aromatic carbocycles. The number of fused-ring (bicyclic) bond motifs is 1. The van der Waals surface area contributed by atoms with Crippen molar-refractivity contribution in [2.45, 2.75) is 44.6 Å². The van der Waals surface area contributed by atoms with Gasteiger partial charge in [0.25, 0.3) is 5.91 Å². The van der Waals surface area contributed by atoms with Gasteiger partial charge in [-0.2, -0.15) is 5.26 Å². The number of amides is 2. The van der Waals surface area contributed by atoms with Crippen LogP contribution in [0, 0.1) is 22.7 Å². The van der Waals surface area contributed by atoms with E-state index in [0.29, 0.717) is 18.0 Å². The topological polar surface area (TPSA) is 107 Å². The number of hydrogen-bond donors (Lipinski definition) is 3. The van der Waals surface area contributed by atoms with E-state index in [9.17, 15) is 14.9 Å². The first kappa shape index (κ1) is 19.3. The summed E-state index contributed by atoms with van der Waals surface area (Å²) in [5.74, 6) is 0.166. The molecule has 0 saturated heterocycles. The molecule has 2 aromatic rings. The number of aromatic nitrogens is 1. The molecule has 2 fully saturated rings. The zero-order valence-electron chi connectivity index (χ0n) is 16.6. The van der Waals surface area contributed by atoms with E-state index in [0.717, 1.165) is 49.4 Å². The standard InChI is InChI=1S/C22H26N4O3/c1-29-19-8-4-7-17-15(19)11-18(25-17)21(28)26-16-6-3-2-5-14(16)20(27)24-13-22(12-23)9-10-22/h4,7-8,11,14,16,25H,2-3,5-6,9-10,13H2,1H3,(H,24,27)(H,26,28)/t14-,16+/m1/s1. The molecule has 2 aliphatic rings. The molecular formula is C22H26N4O3. The lowest BCUT2D eigenvalue weighted by atomic mass is 9.83. The number of nitrogens with zero attached hydrogens (tertiary/aromatic N) is 1. The minimum atomic E-state index is -0.369. The highest BCUT2D eigenvalue weighted by molar-refractivity contribution is 6.00. The zero-order valence-corrected chi connectivity index (χ0v) is 16.6. The van der Waals surface area contributed by atoms with Gasteiger partial charge in [-0.3, -0.25) is 9.59 Å². The summed E-state index contributed by atoms with van der Waals surface area (Å²) in [6.45, 7) is 0.404. The summed E-state index contributed by atoms with van der Waals surface area (Å²) in [7, 11) is 1.60. The maximum absolute atomic E-state index is 12.9. The van der Waals surface area contributed by atoms with Gasteiger partial charge in [0.2, 0.25) is 5.91 Å². The van der Waals surface area contributed by atoms with Gasteiger partial charge in [0, 0.05) is 23.5 Å². The quantitative estimate of drug-likeness (QED) is 0.700. The third-order valence-corrected chi connectivity index (χ3v) is 6.20. The first-order chi connectivity index (χ1) is 14.0. The van der Waals surface area contributed by atoms with E-state index in [2.05, 4.69) is 21.7 Å². The van der Waals surface area contributed by atoms with E-state index < -0.39 is 0 Å². The molecule has 1 heterocycles. The molecule has 7 nitrogen and oxygen atoms in total. The van der Waals surface area contributed by atoms with Crippen molar-refractivity contribution < 1.29 is 14.3 Å². The number of rotatable bonds is 6. The molecule has 3 N–H and O–H groups in total. The van der Waals surface area contributed by atoms with Gasteiger partial charge in [-0.1, -0.05) is 18.9 Å². The van der Waals surface area contributed by atoms with Crippen molar-refractivity contribution in [3.05, 3.63) is 30.0 Å². The van der Waals surface area contributed by atoms with Crippen LogP contribution in [-0.2, 0) is 4.79 Å². The highest BCUT2D eigenvalue weighted by atomic mass is 16.5. The fraction of sp³-hybridized carbons (Fsp3) is 0.500. The van der Waals surface area contributed by atoms with Crippen molar-refractivity contribution in [2.75, 3.05) is 13.7 Å². The van der Waals surface area contributed by atoms with Crippen molar-refractivity contribution in [1.29, 1.82) is 5.26 Å². The predicted molar refractivity (Wildman–Crippen MR) is 108 cm³/mol. The summed E-state index contributed by atoms with van der Waals surface area (Å²) in [5, 5.41) is 16.1. The molecule has 7 heteroatoms. The number of nitriles is 1. The van der Waals surface area contributed by atoms with Gasteiger partial charge in [0.15, 0.2) is 0 Å². The SMILES string of the molecule is COc1cccc2[nH]c(C(=O)N[C@H]3CCCC[C@H]3C(=O)NCC3(C#N)CC3)cc12. The average molecular weight is 394 g/mol. The summed E-state index contributed by atoms with van der Waals surface area (Å²) in [4.78, 5) is 28.7. The van der Waals surface area contributed by atoms with Crippen LogP contribution < -0.4 is 15.4 Å². The van der Waals surface area contributed by atoms with Crippen LogP contribution in [0.4, 0.5) is 0 Å². The van der Waals surface area contributed by atoms with Crippen molar-refractivity contribution in [2.24, 2.45) is 11.3 Å². The van der Waals surface area contributed by atoms with Crippen molar-refractivity contribution in [3.8, 4) is 11.8 Å². The fourth-order valence-corrected chi connectivity index (χ4v) is 4.16. The molecule has 1 aromatic heterocycles. The van der Waals surface area contributed by atoms with Crippen LogP contribution in [0.3, 0.4) is 0 Å². The van der Waals surface area contributed by atoms with Crippen molar-refractivity contribution in [3.63, 3.8) is 0 Å². The highest BCUT2D eigenvalue weighted by Gasteiger charge is 2.44. The van der Waals surface area contributed by atoms with E-state index in [-0.39, 0.29) is 29.2 Å². The molecule has 2 atom stereocenters. The number of carbonyl (C=O) groups is 2. The van der Waals surface area contributed by atoms with E-state index in [1.54, 1.807) is 13.2 Å². The maximum Gasteiger partial charge on any atom is 0.267 e. The Labute approximate surface area is 169 Å². The number of ether oxygens (including phenoxy) is 1. The average Bonchev–Trinajstić information content (AvgIpc) is 3.40. The van der Waals surface area contributed by atoms with Crippen LogP contribution in [0.25, 0.3) is 10.9 Å². The Morgan fingerprint density at radius 1 is 1.31 bits per heavy atom. The smallest absolute Gasteiger partial charge is 0.267 e. The van der Waals surface area contributed by atoms with Gasteiger partial charge in [-0.05, 0) is 43.9 Å². The zero-order chi connectivity index (χ0) is 20.4. The van der Waals surface area contributed by atoms with E-state index in [4.69, 9.17) is 4.74 Å². The van der Waals surface area contributed by atoms with Crippen LogP contribution in [0.15, 0.2) is 24.3 Å². The fourth-order valence-electron chi connectivity index (χ4n) is 4.16. The molecule has 0 spiro atoms. The van der Waals surface area contributed by atoms with Gasteiger partial charge in [0.1, 0.15) is 11.4 Å². The summed E-state index contributed by atoms with van der Waals surface area (Å²) < 4.78 is 5.36. The third-order valence-electron chi connectivity index (χ3n) is 6.20. The Bertz CT molecular complexity index is 970. The number of benzene rings is 1. The third kappa shape index (κ3) is 3.93. The van der Waals surface area contributed by atoms with Crippen molar-refractivity contribution >= 4 is 22.7 Å². The first-order valence-corrected chi connectivity index (χ1v) is 10.2. The largest absolute Gasteiger partial charge is 0.496 e. The van der Waals surface area contributed by atoms with Crippen LogP contribution in [0.5, 0.6) is 5.75 Å². The number of aromatic amines is 1. The van der Waals surface area contributed by atoms with Crippen LogP contribution >= 0.6 is 0 Å². The van der Waals surface area contributed by atoms with Gasteiger partial charge in [-0.25, -0.2) is 0 Å². The van der Waals surface area contributed by atoms with Gasteiger partial charge >= 0.3 is 0 Å². The molecule has 2 aliphatic carbocycles. The molecule has 4 rings (SSSR count). The van der Waals surface area contributed by atoms with Gasteiger partial charge in [0.05, 0.1) is 24.5 Å². The summed E-state index contributed by atoms with van der Waals surface area (Å²) >= 11 is 0. The Morgan fingerprint density at radius 3 is 2.83 bits per heavy atom. The Morgan fingerprint density at radius 2 is 2.10 bits per heavy atom. The van der Waals surface area contributed by atoms with Crippen LogP contribution in [-0.4, -0.2) is 36.5 Å². The summed E-state index contributed by atoms with van der Waals surface area (Å²) in [6, 6.07) is 9.50. The lowest BCUT2D eigenvalue weighted by molar-refractivity contribution is -0.126. The highest BCUT2D eigenvalue weighted by Crippen LogP contribution is 2.44. The number of nitrogens with one attached hydrogen (secondary N) is 3. The number of methoxy groups -OCH3 is 1. The second kappa shape index (κ2) is 7.78. The molecular weight excluding hydrogens is 368 g/mol. The second-order valence-corrected chi connectivity index (χ2v) is 8.19. The minimum absolute atomic E-state index is 0.0603. The monoisotopic (exact) mass is 394 g/mol. The Kier molecular flexibility index (Phi) is 5.18. The molecule has 0 bridgehead atoms. The molecule has 0 radical (unpaired) electrons. The second-order valence-electron chi connectivity index (χ2n) is 8.19. The molecule has 152 valence electrons. The Balaban J connectivity index is 1.44. The van der Waals surface area contributed by atoms with E-state index in [1.165, 1.54) is 0 Å². The van der Waals surface area contributed by atoms with Crippen molar-refractivity contribution in [1.82, 2.24) is 15.6 Å². The molecule has 2 saturated carbocycles. The number of hydrogen-bond acceptors (Lipinski definition) is 4. The molecule has 0 unspecified atom stereocenters. The summed E-state index contributed by atoms with van der Waals surface area (Å²) in [5.41, 5.74) is 0.918.